The lowest BCUT2D eigenvalue weighted by molar-refractivity contribution is 0.212. The Labute approximate surface area is 279 Å². The van der Waals surface area contributed by atoms with Crippen molar-refractivity contribution in [2.24, 2.45) is 17.8 Å². The predicted molar refractivity (Wildman–Crippen MR) is 186 cm³/mol. The van der Waals surface area contributed by atoms with Gasteiger partial charge in [0.1, 0.15) is 0 Å². The molecule has 0 N–H and O–H groups in total. The Morgan fingerprint density at radius 2 is 1.21 bits per heavy atom. The smallest absolute Gasteiger partial charge is 0.201 e. The minimum atomic E-state index is -1.02. The van der Waals surface area contributed by atoms with Gasteiger partial charge in [-0.2, -0.15) is 4.39 Å². The molecule has 3 aromatic rings. The molecule has 1 fully saturated rings. The van der Waals surface area contributed by atoms with Crippen molar-refractivity contribution in [2.75, 3.05) is 6.61 Å². The van der Waals surface area contributed by atoms with Gasteiger partial charge in [0.25, 0.3) is 0 Å². The average Bonchev–Trinajstić information content (AvgIpc) is 3.10. The average molecular weight is 647 g/mol. The topological polar surface area (TPSA) is 9.23 Å². The van der Waals surface area contributed by atoms with Gasteiger partial charge in [0, 0.05) is 16.7 Å². The van der Waals surface area contributed by atoms with E-state index in [4.69, 9.17) is 4.74 Å². The Bertz CT molecular complexity index is 1510. The molecule has 2 aliphatic rings. The first-order valence-corrected chi connectivity index (χ1v) is 17.9. The normalized spacial score (nSPS) is 20.0. The molecule has 47 heavy (non-hydrogen) atoms. The summed E-state index contributed by atoms with van der Waals surface area (Å²) < 4.78 is 66.3. The maximum atomic E-state index is 15.4. The second kappa shape index (κ2) is 17.2. The van der Waals surface area contributed by atoms with E-state index in [1.807, 2.05) is 0 Å². The lowest BCUT2D eigenvalue weighted by atomic mass is 9.71. The van der Waals surface area contributed by atoms with Crippen LogP contribution in [0.4, 0.5) is 17.6 Å². The van der Waals surface area contributed by atoms with Crippen LogP contribution < -0.4 is 4.74 Å². The molecule has 1 nitrogen and oxygen atoms in total. The first-order valence-electron chi connectivity index (χ1n) is 17.9. The van der Waals surface area contributed by atoms with Gasteiger partial charge in [0.2, 0.25) is 5.82 Å². The SMILES string of the molecule is CC=CC1CCC(C2CC=C(c3ccc(-c4ccc(-c5ccc(OCCCCCCCCC)c(F)c5F)cc4)c(F)c3F)CC2)CC1. The fourth-order valence-corrected chi connectivity index (χ4v) is 7.57. The van der Waals surface area contributed by atoms with Crippen molar-refractivity contribution in [3.05, 3.63) is 95.6 Å². The highest BCUT2D eigenvalue weighted by Gasteiger charge is 2.29. The zero-order valence-corrected chi connectivity index (χ0v) is 28.1. The van der Waals surface area contributed by atoms with E-state index < -0.39 is 23.3 Å². The largest absolute Gasteiger partial charge is 0.490 e. The van der Waals surface area contributed by atoms with Gasteiger partial charge < -0.3 is 4.74 Å². The molecular weight excluding hydrogens is 596 g/mol. The molecule has 2 aliphatic carbocycles. The van der Waals surface area contributed by atoms with Crippen LogP contribution in [-0.4, -0.2) is 6.61 Å². The highest BCUT2D eigenvalue weighted by Crippen LogP contribution is 2.42. The molecule has 0 spiro atoms. The molecule has 3 aromatic carbocycles. The standard InChI is InChI=1S/C42H50F4O/c1-3-5-6-7-8-9-10-28-47-38-27-26-37(41(45)42(38)46)34-22-20-33(21-23-34)36-25-24-35(39(43)40(36)44)32-18-16-31(17-19-32)30-14-12-29(11-4-2)13-15-30/h4,11,18,20-27,29-31H,3,5-10,12-17,19,28H2,1-2H3. The second-order valence-electron chi connectivity index (χ2n) is 13.5. The van der Waals surface area contributed by atoms with E-state index in [1.165, 1.54) is 63.5 Å². The molecule has 0 amide bonds. The van der Waals surface area contributed by atoms with Crippen LogP contribution in [0.3, 0.4) is 0 Å². The number of rotatable bonds is 14. The number of halogens is 4. The van der Waals surface area contributed by atoms with E-state index >= 15 is 13.2 Å². The molecular formula is C42H50F4O. The Balaban J connectivity index is 1.19. The van der Waals surface area contributed by atoms with Crippen LogP contribution in [0, 0.1) is 41.0 Å². The van der Waals surface area contributed by atoms with Gasteiger partial charge in [-0.05, 0) is 105 Å². The summed E-state index contributed by atoms with van der Waals surface area (Å²) in [5.41, 5.74) is 2.37. The van der Waals surface area contributed by atoms with Crippen molar-refractivity contribution < 1.29 is 22.3 Å². The highest BCUT2D eigenvalue weighted by atomic mass is 19.2. The van der Waals surface area contributed by atoms with Crippen LogP contribution in [0.15, 0.2) is 66.8 Å². The Morgan fingerprint density at radius 1 is 0.638 bits per heavy atom. The molecule has 0 aliphatic heterocycles. The van der Waals surface area contributed by atoms with E-state index in [2.05, 4.69) is 32.1 Å². The summed E-state index contributed by atoms with van der Waals surface area (Å²) in [6.07, 6.45) is 22.1. The molecule has 1 atom stereocenters. The molecule has 0 aromatic heterocycles. The van der Waals surface area contributed by atoms with Crippen molar-refractivity contribution >= 4 is 5.57 Å². The van der Waals surface area contributed by atoms with Crippen molar-refractivity contribution in [1.29, 1.82) is 0 Å². The summed E-state index contributed by atoms with van der Waals surface area (Å²) in [6.45, 7) is 4.62. The third-order valence-electron chi connectivity index (χ3n) is 10.4. The second-order valence-corrected chi connectivity index (χ2v) is 13.5. The quantitative estimate of drug-likeness (QED) is 0.0962. The number of hydrogen-bond acceptors (Lipinski definition) is 1. The van der Waals surface area contributed by atoms with Gasteiger partial charge >= 0.3 is 0 Å². The van der Waals surface area contributed by atoms with Crippen molar-refractivity contribution in [3.63, 3.8) is 0 Å². The van der Waals surface area contributed by atoms with Gasteiger partial charge in [0.15, 0.2) is 23.2 Å². The molecule has 5 rings (SSSR count). The van der Waals surface area contributed by atoms with Crippen LogP contribution in [0.1, 0.15) is 109 Å². The molecule has 1 saturated carbocycles. The number of allylic oxidation sites excluding steroid dienone is 4. The van der Waals surface area contributed by atoms with E-state index in [0.717, 1.165) is 50.0 Å². The zero-order chi connectivity index (χ0) is 33.2. The Morgan fingerprint density at radius 3 is 1.83 bits per heavy atom. The number of ether oxygens (including phenoxy) is 1. The molecule has 0 saturated heterocycles. The minimum absolute atomic E-state index is 0.0905. The van der Waals surface area contributed by atoms with E-state index in [0.29, 0.717) is 35.1 Å². The van der Waals surface area contributed by atoms with Crippen LogP contribution in [0.2, 0.25) is 0 Å². The summed E-state index contributed by atoms with van der Waals surface area (Å²) in [4.78, 5) is 0. The third kappa shape index (κ3) is 8.77. The van der Waals surface area contributed by atoms with Crippen LogP contribution in [0.5, 0.6) is 5.75 Å². The van der Waals surface area contributed by atoms with Gasteiger partial charge in [-0.3, -0.25) is 0 Å². The molecule has 0 heterocycles. The molecule has 1 unspecified atom stereocenters. The number of benzene rings is 3. The fourth-order valence-electron chi connectivity index (χ4n) is 7.57. The van der Waals surface area contributed by atoms with Crippen LogP contribution in [0.25, 0.3) is 27.8 Å². The number of unbranched alkanes of at least 4 members (excludes halogenated alkanes) is 6. The van der Waals surface area contributed by atoms with Crippen LogP contribution >= 0.6 is 0 Å². The van der Waals surface area contributed by atoms with Crippen LogP contribution in [-0.2, 0) is 0 Å². The summed E-state index contributed by atoms with van der Waals surface area (Å²) in [5.74, 6) is -1.77. The van der Waals surface area contributed by atoms with E-state index in [9.17, 15) is 4.39 Å². The van der Waals surface area contributed by atoms with E-state index in [1.54, 1.807) is 36.4 Å². The fraction of sp³-hybridized carbons (Fsp3) is 0.476. The molecule has 0 radical (unpaired) electrons. The molecule has 252 valence electrons. The lowest BCUT2D eigenvalue weighted by Gasteiger charge is -2.35. The highest BCUT2D eigenvalue weighted by molar-refractivity contribution is 5.74. The summed E-state index contributed by atoms with van der Waals surface area (Å²) in [7, 11) is 0. The van der Waals surface area contributed by atoms with Gasteiger partial charge in [-0.1, -0.05) is 100 Å². The first-order chi connectivity index (χ1) is 22.9. The van der Waals surface area contributed by atoms with Gasteiger partial charge in [0.05, 0.1) is 6.61 Å². The van der Waals surface area contributed by atoms with Crippen molar-refractivity contribution in [2.45, 2.75) is 104 Å². The summed E-state index contributed by atoms with van der Waals surface area (Å²) in [6, 6.07) is 12.7. The minimum Gasteiger partial charge on any atom is -0.490 e. The summed E-state index contributed by atoms with van der Waals surface area (Å²) >= 11 is 0. The monoisotopic (exact) mass is 646 g/mol. The lowest BCUT2D eigenvalue weighted by Crippen LogP contribution is -2.22. The van der Waals surface area contributed by atoms with Gasteiger partial charge in [-0.25, -0.2) is 13.2 Å². The van der Waals surface area contributed by atoms with E-state index in [-0.39, 0.29) is 16.9 Å². The molecule has 5 heteroatoms. The summed E-state index contributed by atoms with van der Waals surface area (Å²) in [5, 5.41) is 0. The first kappa shape index (κ1) is 35.0. The van der Waals surface area contributed by atoms with Crippen molar-refractivity contribution in [1.82, 2.24) is 0 Å². The maximum Gasteiger partial charge on any atom is 0.201 e. The predicted octanol–water partition coefficient (Wildman–Crippen LogP) is 13.3. The molecule has 0 bridgehead atoms. The number of hydrogen-bond donors (Lipinski definition) is 0. The Hall–Kier alpha value is -3.34. The zero-order valence-electron chi connectivity index (χ0n) is 28.1. The van der Waals surface area contributed by atoms with Gasteiger partial charge in [-0.15, -0.1) is 0 Å². The van der Waals surface area contributed by atoms with Crippen molar-refractivity contribution in [3.8, 4) is 28.0 Å². The maximum absolute atomic E-state index is 15.4. The Kier molecular flexibility index (Phi) is 12.8. The third-order valence-corrected chi connectivity index (χ3v) is 10.4.